The van der Waals surface area contributed by atoms with Gasteiger partial charge in [-0.2, -0.15) is 0 Å². The van der Waals surface area contributed by atoms with E-state index in [4.69, 9.17) is 4.74 Å². The van der Waals surface area contributed by atoms with Gasteiger partial charge in [-0.3, -0.25) is 0 Å². The minimum absolute atomic E-state index is 0.0126. The second kappa shape index (κ2) is 8.88. The minimum Gasteiger partial charge on any atom is -0.444 e. The Kier molecular flexibility index (Phi) is 7.81. The van der Waals surface area contributed by atoms with E-state index in [2.05, 4.69) is 19.2 Å². The number of hydrogen-bond acceptors (Lipinski definition) is 4. The predicted octanol–water partition coefficient (Wildman–Crippen LogP) is 3.16. The molecule has 0 radical (unpaired) electrons. The van der Waals surface area contributed by atoms with Crippen LogP contribution in [0.2, 0.25) is 0 Å². The van der Waals surface area contributed by atoms with Gasteiger partial charge in [-0.05, 0) is 59.4 Å². The van der Waals surface area contributed by atoms with Gasteiger partial charge in [0.1, 0.15) is 5.60 Å². The highest BCUT2D eigenvalue weighted by Crippen LogP contribution is 2.28. The van der Waals surface area contributed by atoms with Crippen LogP contribution in [-0.2, 0) is 4.74 Å². The summed E-state index contributed by atoms with van der Waals surface area (Å²) >= 11 is 0. The molecule has 5 heteroatoms. The van der Waals surface area contributed by atoms with Crippen LogP contribution in [0.25, 0.3) is 0 Å². The summed E-state index contributed by atoms with van der Waals surface area (Å²) in [6.07, 6.45) is 4.84. The first-order valence-electron chi connectivity index (χ1n) is 9.08. The van der Waals surface area contributed by atoms with Crippen molar-refractivity contribution in [3.8, 4) is 0 Å². The number of nitrogens with one attached hydrogen (secondary N) is 1. The van der Waals surface area contributed by atoms with Gasteiger partial charge < -0.3 is 20.1 Å². The SMILES string of the molecule is CCC(CC)(CO)CNCCCN(C(=O)OC(C)(C)C)C1CC1. The summed E-state index contributed by atoms with van der Waals surface area (Å²) in [5.41, 5.74) is -0.452. The number of nitrogens with zero attached hydrogens (tertiary/aromatic N) is 1. The Morgan fingerprint density at radius 3 is 2.30 bits per heavy atom. The number of carbonyl (C=O) groups is 1. The van der Waals surface area contributed by atoms with Crippen molar-refractivity contribution in [1.82, 2.24) is 10.2 Å². The predicted molar refractivity (Wildman–Crippen MR) is 93.5 cm³/mol. The Hall–Kier alpha value is -0.810. The van der Waals surface area contributed by atoms with E-state index in [1.165, 1.54) is 0 Å². The van der Waals surface area contributed by atoms with Crippen LogP contribution in [0.15, 0.2) is 0 Å². The number of ether oxygens (including phenoxy) is 1. The number of carbonyl (C=O) groups excluding carboxylic acids is 1. The van der Waals surface area contributed by atoms with Gasteiger partial charge >= 0.3 is 6.09 Å². The molecule has 0 unspecified atom stereocenters. The molecule has 0 aliphatic heterocycles. The lowest BCUT2D eigenvalue weighted by molar-refractivity contribution is 0.0231. The topological polar surface area (TPSA) is 61.8 Å². The molecule has 0 bridgehead atoms. The van der Waals surface area contributed by atoms with Crippen LogP contribution in [0.5, 0.6) is 0 Å². The van der Waals surface area contributed by atoms with Gasteiger partial charge in [0.05, 0.1) is 0 Å². The van der Waals surface area contributed by atoms with Crippen molar-refractivity contribution in [3.05, 3.63) is 0 Å². The molecule has 0 saturated heterocycles. The maximum atomic E-state index is 12.3. The molecule has 5 nitrogen and oxygen atoms in total. The molecule has 1 amide bonds. The standard InChI is InChI=1S/C18H36N2O3/c1-6-18(7-2,14-21)13-19-11-8-12-20(15-9-10-15)16(22)23-17(3,4)5/h15,19,21H,6-14H2,1-5H3. The average Bonchev–Trinajstić information content (AvgIpc) is 3.30. The van der Waals surface area contributed by atoms with Crippen LogP contribution in [0.4, 0.5) is 4.79 Å². The lowest BCUT2D eigenvalue weighted by atomic mass is 9.83. The zero-order valence-corrected chi connectivity index (χ0v) is 15.7. The second-order valence-electron chi connectivity index (χ2n) is 7.80. The molecule has 136 valence electrons. The van der Waals surface area contributed by atoms with Gasteiger partial charge in [0.2, 0.25) is 0 Å². The largest absolute Gasteiger partial charge is 0.444 e. The Morgan fingerprint density at radius 1 is 1.26 bits per heavy atom. The summed E-state index contributed by atoms with van der Waals surface area (Å²) in [5, 5.41) is 13.0. The number of aliphatic hydroxyl groups is 1. The molecular weight excluding hydrogens is 292 g/mol. The third-order valence-corrected chi connectivity index (χ3v) is 4.70. The summed E-state index contributed by atoms with van der Waals surface area (Å²) in [7, 11) is 0. The molecular formula is C18H36N2O3. The number of aliphatic hydroxyl groups excluding tert-OH is 1. The van der Waals surface area contributed by atoms with E-state index in [-0.39, 0.29) is 18.1 Å². The highest BCUT2D eigenvalue weighted by atomic mass is 16.6. The van der Waals surface area contributed by atoms with Gasteiger partial charge in [0.15, 0.2) is 0 Å². The van der Waals surface area contributed by atoms with Crippen molar-refractivity contribution in [2.75, 3.05) is 26.2 Å². The summed E-state index contributed by atoms with van der Waals surface area (Å²) in [6, 6.07) is 0.368. The van der Waals surface area contributed by atoms with Crippen LogP contribution in [-0.4, -0.2) is 54.0 Å². The molecule has 2 N–H and O–H groups in total. The van der Waals surface area contributed by atoms with Crippen molar-refractivity contribution in [2.45, 2.75) is 78.4 Å². The molecule has 0 spiro atoms. The smallest absolute Gasteiger partial charge is 0.410 e. The Balaban J connectivity index is 2.33. The zero-order chi connectivity index (χ0) is 17.5. The minimum atomic E-state index is -0.439. The quantitative estimate of drug-likeness (QED) is 0.605. The Labute approximate surface area is 141 Å². The first-order valence-corrected chi connectivity index (χ1v) is 9.08. The molecule has 1 aliphatic rings. The van der Waals surface area contributed by atoms with Crippen LogP contribution < -0.4 is 5.32 Å². The maximum absolute atomic E-state index is 12.3. The van der Waals surface area contributed by atoms with E-state index >= 15 is 0 Å². The van der Waals surface area contributed by atoms with E-state index in [1.54, 1.807) is 0 Å². The molecule has 1 saturated carbocycles. The van der Waals surface area contributed by atoms with Gasteiger partial charge in [-0.25, -0.2) is 4.79 Å². The molecule has 1 rings (SSSR count). The van der Waals surface area contributed by atoms with E-state index in [0.717, 1.165) is 51.7 Å². The second-order valence-corrected chi connectivity index (χ2v) is 7.80. The number of amides is 1. The Morgan fingerprint density at radius 2 is 1.87 bits per heavy atom. The van der Waals surface area contributed by atoms with Crippen LogP contribution in [0.3, 0.4) is 0 Å². The normalized spacial score (nSPS) is 15.6. The summed E-state index contributed by atoms with van der Waals surface area (Å²) in [4.78, 5) is 14.1. The summed E-state index contributed by atoms with van der Waals surface area (Å²) < 4.78 is 5.50. The van der Waals surface area contributed by atoms with Crippen LogP contribution in [0.1, 0.15) is 66.7 Å². The molecule has 0 aromatic rings. The fraction of sp³-hybridized carbons (Fsp3) is 0.944. The van der Waals surface area contributed by atoms with Crippen LogP contribution >= 0.6 is 0 Å². The fourth-order valence-electron chi connectivity index (χ4n) is 2.64. The molecule has 0 aromatic carbocycles. The molecule has 0 aromatic heterocycles. The summed E-state index contributed by atoms with van der Waals surface area (Å²) in [5.74, 6) is 0. The van der Waals surface area contributed by atoms with Crippen molar-refractivity contribution in [2.24, 2.45) is 5.41 Å². The van der Waals surface area contributed by atoms with E-state index in [1.807, 2.05) is 25.7 Å². The van der Waals surface area contributed by atoms with Gasteiger partial charge in [0.25, 0.3) is 0 Å². The number of rotatable bonds is 10. The molecule has 0 atom stereocenters. The lowest BCUT2D eigenvalue weighted by Gasteiger charge is -2.30. The van der Waals surface area contributed by atoms with Gasteiger partial charge in [0, 0.05) is 31.2 Å². The zero-order valence-electron chi connectivity index (χ0n) is 15.7. The number of hydrogen-bond donors (Lipinski definition) is 2. The lowest BCUT2D eigenvalue weighted by Crippen LogP contribution is -2.40. The molecule has 0 heterocycles. The van der Waals surface area contributed by atoms with E-state index in [0.29, 0.717) is 6.04 Å². The fourth-order valence-corrected chi connectivity index (χ4v) is 2.64. The monoisotopic (exact) mass is 328 g/mol. The Bertz CT molecular complexity index is 350. The van der Waals surface area contributed by atoms with Crippen molar-refractivity contribution < 1.29 is 14.6 Å². The van der Waals surface area contributed by atoms with Crippen molar-refractivity contribution in [1.29, 1.82) is 0 Å². The molecule has 1 fully saturated rings. The maximum Gasteiger partial charge on any atom is 0.410 e. The summed E-state index contributed by atoms with van der Waals surface area (Å²) in [6.45, 7) is 12.6. The first-order chi connectivity index (χ1) is 10.8. The molecule has 1 aliphatic carbocycles. The van der Waals surface area contributed by atoms with Crippen molar-refractivity contribution >= 4 is 6.09 Å². The highest BCUT2D eigenvalue weighted by Gasteiger charge is 2.34. The van der Waals surface area contributed by atoms with Crippen LogP contribution in [0, 0.1) is 5.41 Å². The van der Waals surface area contributed by atoms with Gasteiger partial charge in [-0.1, -0.05) is 13.8 Å². The van der Waals surface area contributed by atoms with Gasteiger partial charge in [-0.15, -0.1) is 0 Å². The van der Waals surface area contributed by atoms with E-state index in [9.17, 15) is 9.90 Å². The average molecular weight is 328 g/mol. The van der Waals surface area contributed by atoms with Crippen molar-refractivity contribution in [3.63, 3.8) is 0 Å². The molecule has 23 heavy (non-hydrogen) atoms. The third-order valence-electron chi connectivity index (χ3n) is 4.70. The third kappa shape index (κ3) is 7.08. The first kappa shape index (κ1) is 20.2. The highest BCUT2D eigenvalue weighted by molar-refractivity contribution is 5.69. The van der Waals surface area contributed by atoms with E-state index < -0.39 is 5.60 Å².